The molecular weight excluding hydrogens is 361 g/mol. The highest BCUT2D eigenvalue weighted by Crippen LogP contribution is 2.36. The maximum Gasteiger partial charge on any atom is 0.291 e. The van der Waals surface area contributed by atoms with E-state index in [1.165, 1.54) is 38.5 Å². The number of halogens is 2. The van der Waals surface area contributed by atoms with Gasteiger partial charge in [0.1, 0.15) is 23.1 Å². The Hall–Kier alpha value is -2.99. The lowest BCUT2D eigenvalue weighted by Crippen LogP contribution is -2.12. The molecule has 0 radical (unpaired) electrons. The van der Waals surface area contributed by atoms with Crippen LogP contribution in [0.5, 0.6) is 11.5 Å². The number of furan rings is 1. The van der Waals surface area contributed by atoms with Crippen molar-refractivity contribution < 1.29 is 23.1 Å². The van der Waals surface area contributed by atoms with Gasteiger partial charge < -0.3 is 19.2 Å². The number of hydrogen-bond donors (Lipinski definition) is 1. The number of carbonyl (C=O) groups excluding carboxylic acids is 1. The summed E-state index contributed by atoms with van der Waals surface area (Å²) in [7, 11) is 2.95. The van der Waals surface area contributed by atoms with Crippen molar-refractivity contribution in [2.24, 2.45) is 0 Å². The van der Waals surface area contributed by atoms with Crippen LogP contribution in [0, 0.1) is 5.82 Å². The first-order chi connectivity index (χ1) is 12.5. The first kappa shape index (κ1) is 17.8. The summed E-state index contributed by atoms with van der Waals surface area (Å²) in [5, 5.41) is 3.01. The molecule has 0 fully saturated rings. The molecule has 3 aromatic rings. The highest BCUT2D eigenvalue weighted by atomic mass is 35.5. The summed E-state index contributed by atoms with van der Waals surface area (Å²) in [6, 6.07) is 12.1. The zero-order chi connectivity index (χ0) is 18.7. The van der Waals surface area contributed by atoms with Crippen LogP contribution in [0.2, 0.25) is 5.02 Å². The standard InChI is InChI=1S/C19H15ClFNO4/c1-24-17-10-18(25-2)14(9-13(17)20)22-19(23)16-8-7-15(26-16)11-3-5-12(21)6-4-11/h3-10H,1-2H3,(H,22,23). The Morgan fingerprint density at radius 3 is 2.38 bits per heavy atom. The fourth-order valence-corrected chi connectivity index (χ4v) is 2.61. The van der Waals surface area contributed by atoms with Crippen molar-refractivity contribution >= 4 is 23.2 Å². The van der Waals surface area contributed by atoms with Gasteiger partial charge in [-0.25, -0.2) is 4.39 Å². The number of anilines is 1. The number of ether oxygens (including phenoxy) is 2. The van der Waals surface area contributed by atoms with E-state index in [1.54, 1.807) is 24.3 Å². The lowest BCUT2D eigenvalue weighted by molar-refractivity contribution is 0.0997. The van der Waals surface area contributed by atoms with E-state index in [1.807, 2.05) is 0 Å². The fraction of sp³-hybridized carbons (Fsp3) is 0.105. The van der Waals surface area contributed by atoms with Crippen LogP contribution < -0.4 is 14.8 Å². The van der Waals surface area contributed by atoms with Crippen LogP contribution >= 0.6 is 11.6 Å². The first-order valence-corrected chi connectivity index (χ1v) is 7.98. The van der Waals surface area contributed by atoms with Crippen molar-refractivity contribution in [3.63, 3.8) is 0 Å². The molecule has 0 unspecified atom stereocenters. The maximum absolute atomic E-state index is 13.0. The fourth-order valence-electron chi connectivity index (χ4n) is 2.37. The molecule has 1 N–H and O–H groups in total. The highest BCUT2D eigenvalue weighted by molar-refractivity contribution is 6.32. The first-order valence-electron chi connectivity index (χ1n) is 7.60. The number of hydrogen-bond acceptors (Lipinski definition) is 4. The Labute approximate surface area is 154 Å². The molecule has 0 atom stereocenters. The zero-order valence-corrected chi connectivity index (χ0v) is 14.8. The number of methoxy groups -OCH3 is 2. The largest absolute Gasteiger partial charge is 0.495 e. The number of nitrogens with one attached hydrogen (secondary N) is 1. The van der Waals surface area contributed by atoms with Gasteiger partial charge in [-0.1, -0.05) is 11.6 Å². The van der Waals surface area contributed by atoms with Gasteiger partial charge in [-0.05, 0) is 42.5 Å². The molecule has 1 aromatic heterocycles. The Bertz CT molecular complexity index is 937. The molecule has 0 aliphatic carbocycles. The molecule has 2 aromatic carbocycles. The predicted octanol–water partition coefficient (Wildman–Crippen LogP) is 5.01. The van der Waals surface area contributed by atoms with Gasteiger partial charge in [0.15, 0.2) is 5.76 Å². The molecule has 0 spiro atoms. The molecule has 0 aliphatic rings. The van der Waals surface area contributed by atoms with Crippen LogP contribution in [0.4, 0.5) is 10.1 Å². The summed E-state index contributed by atoms with van der Waals surface area (Å²) in [5.74, 6) is 0.552. The molecule has 134 valence electrons. The molecule has 0 bridgehead atoms. The number of benzene rings is 2. The minimum Gasteiger partial charge on any atom is -0.495 e. The molecule has 0 saturated heterocycles. The molecule has 26 heavy (non-hydrogen) atoms. The zero-order valence-electron chi connectivity index (χ0n) is 14.0. The Kier molecular flexibility index (Phi) is 5.14. The highest BCUT2D eigenvalue weighted by Gasteiger charge is 2.16. The van der Waals surface area contributed by atoms with E-state index in [0.29, 0.717) is 33.5 Å². The van der Waals surface area contributed by atoms with Crippen molar-refractivity contribution in [1.82, 2.24) is 0 Å². The van der Waals surface area contributed by atoms with Gasteiger partial charge in [-0.3, -0.25) is 4.79 Å². The number of carbonyl (C=O) groups is 1. The van der Waals surface area contributed by atoms with Gasteiger partial charge in [0, 0.05) is 11.6 Å². The van der Waals surface area contributed by atoms with Crippen LogP contribution in [0.3, 0.4) is 0 Å². The number of rotatable bonds is 5. The average molecular weight is 376 g/mol. The summed E-state index contributed by atoms with van der Waals surface area (Å²) < 4.78 is 28.9. The van der Waals surface area contributed by atoms with Crippen LogP contribution in [0.1, 0.15) is 10.6 Å². The monoisotopic (exact) mass is 375 g/mol. The van der Waals surface area contributed by atoms with Gasteiger partial charge in [-0.15, -0.1) is 0 Å². The molecule has 7 heteroatoms. The summed E-state index contributed by atoms with van der Waals surface area (Å²) in [5.41, 5.74) is 1.04. The summed E-state index contributed by atoms with van der Waals surface area (Å²) in [6.07, 6.45) is 0. The average Bonchev–Trinajstić information content (AvgIpc) is 3.13. The molecule has 3 rings (SSSR count). The maximum atomic E-state index is 13.0. The third-order valence-corrected chi connectivity index (χ3v) is 3.98. The van der Waals surface area contributed by atoms with E-state index in [4.69, 9.17) is 25.5 Å². The van der Waals surface area contributed by atoms with Gasteiger partial charge in [-0.2, -0.15) is 0 Å². The quantitative estimate of drug-likeness (QED) is 0.681. The SMILES string of the molecule is COc1cc(OC)c(NC(=O)c2ccc(-c3ccc(F)cc3)o2)cc1Cl. The Morgan fingerprint density at radius 1 is 1.04 bits per heavy atom. The van der Waals surface area contributed by atoms with E-state index in [0.717, 1.165) is 0 Å². The topological polar surface area (TPSA) is 60.7 Å². The summed E-state index contributed by atoms with van der Waals surface area (Å²) >= 11 is 6.10. The molecule has 1 amide bonds. The second-order valence-corrected chi connectivity index (χ2v) is 5.72. The minimum absolute atomic E-state index is 0.0957. The number of amides is 1. The van der Waals surface area contributed by atoms with Gasteiger partial charge in [0.25, 0.3) is 5.91 Å². The molecular formula is C19H15ClFNO4. The van der Waals surface area contributed by atoms with Gasteiger partial charge >= 0.3 is 0 Å². The second kappa shape index (κ2) is 7.49. The van der Waals surface area contributed by atoms with Crippen molar-refractivity contribution in [1.29, 1.82) is 0 Å². The third-order valence-electron chi connectivity index (χ3n) is 3.68. The van der Waals surface area contributed by atoms with Crippen LogP contribution in [0.25, 0.3) is 11.3 Å². The predicted molar refractivity (Wildman–Crippen MR) is 96.6 cm³/mol. The smallest absolute Gasteiger partial charge is 0.291 e. The third kappa shape index (κ3) is 3.65. The van der Waals surface area contributed by atoms with Crippen molar-refractivity contribution in [2.45, 2.75) is 0 Å². The Morgan fingerprint density at radius 2 is 1.73 bits per heavy atom. The Balaban J connectivity index is 1.83. The van der Waals surface area contributed by atoms with Crippen LogP contribution in [-0.4, -0.2) is 20.1 Å². The molecule has 0 aliphatic heterocycles. The second-order valence-electron chi connectivity index (χ2n) is 5.31. The molecule has 0 saturated carbocycles. The lowest BCUT2D eigenvalue weighted by Gasteiger charge is -2.12. The normalized spacial score (nSPS) is 10.5. The molecule has 1 heterocycles. The lowest BCUT2D eigenvalue weighted by atomic mass is 10.2. The van der Waals surface area contributed by atoms with E-state index in [2.05, 4.69) is 5.32 Å². The van der Waals surface area contributed by atoms with Crippen molar-refractivity contribution in [3.8, 4) is 22.8 Å². The van der Waals surface area contributed by atoms with E-state index < -0.39 is 5.91 Å². The van der Waals surface area contributed by atoms with Crippen molar-refractivity contribution in [3.05, 3.63) is 65.1 Å². The molecule has 5 nitrogen and oxygen atoms in total. The summed E-state index contributed by atoms with van der Waals surface area (Å²) in [6.45, 7) is 0. The van der Waals surface area contributed by atoms with Gasteiger partial charge in [0.2, 0.25) is 0 Å². The van der Waals surface area contributed by atoms with Crippen LogP contribution in [0.15, 0.2) is 52.9 Å². The van der Waals surface area contributed by atoms with Crippen molar-refractivity contribution in [2.75, 3.05) is 19.5 Å². The van der Waals surface area contributed by atoms with E-state index in [9.17, 15) is 9.18 Å². The van der Waals surface area contributed by atoms with E-state index >= 15 is 0 Å². The van der Waals surface area contributed by atoms with Gasteiger partial charge in [0.05, 0.1) is 24.9 Å². The minimum atomic E-state index is -0.474. The van der Waals surface area contributed by atoms with Crippen LogP contribution in [-0.2, 0) is 0 Å². The van der Waals surface area contributed by atoms with E-state index in [-0.39, 0.29) is 11.6 Å². The summed E-state index contributed by atoms with van der Waals surface area (Å²) in [4.78, 5) is 12.5.